The van der Waals surface area contributed by atoms with Crippen molar-refractivity contribution in [1.29, 1.82) is 5.26 Å². The minimum atomic E-state index is -3.55. The molecule has 0 saturated carbocycles. The zero-order valence-corrected chi connectivity index (χ0v) is 15.1. The lowest BCUT2D eigenvalue weighted by Crippen LogP contribution is -2.34. The molecule has 0 spiro atoms. The van der Waals surface area contributed by atoms with Crippen LogP contribution >= 0.6 is 0 Å². The Hall–Kier alpha value is -2.24. The molecule has 1 aliphatic heterocycles. The maximum absolute atomic E-state index is 12.6. The largest absolute Gasteiger partial charge is 0.248 e. The van der Waals surface area contributed by atoms with E-state index in [1.54, 1.807) is 24.3 Å². The summed E-state index contributed by atoms with van der Waals surface area (Å²) in [6.07, 6.45) is 1.55. The third-order valence-electron chi connectivity index (χ3n) is 4.14. The topological polar surface area (TPSA) is 101 Å². The van der Waals surface area contributed by atoms with Crippen molar-refractivity contribution in [3.63, 3.8) is 0 Å². The molecule has 7 nitrogen and oxygen atoms in total. The highest BCUT2D eigenvalue weighted by atomic mass is 32.2. The van der Waals surface area contributed by atoms with E-state index in [9.17, 15) is 8.42 Å². The van der Waals surface area contributed by atoms with E-state index in [2.05, 4.69) is 14.8 Å². The van der Waals surface area contributed by atoms with Gasteiger partial charge in [-0.1, -0.05) is 26.0 Å². The van der Waals surface area contributed by atoms with Crippen molar-refractivity contribution >= 4 is 10.0 Å². The molecule has 1 atom stereocenters. The third-order valence-corrected chi connectivity index (χ3v) is 5.50. The highest BCUT2D eigenvalue weighted by Crippen LogP contribution is 2.26. The van der Waals surface area contributed by atoms with Gasteiger partial charge in [0.15, 0.2) is 5.82 Å². The number of aromatic nitrogens is 3. The summed E-state index contributed by atoms with van der Waals surface area (Å²) < 4.78 is 29.7. The number of rotatable bonds is 5. The fraction of sp³-hybridized carbons (Fsp3) is 0.471. The van der Waals surface area contributed by atoms with Crippen LogP contribution in [0.25, 0.3) is 0 Å². The first-order valence-corrected chi connectivity index (χ1v) is 9.97. The predicted octanol–water partition coefficient (Wildman–Crippen LogP) is 2.23. The van der Waals surface area contributed by atoms with Crippen molar-refractivity contribution in [1.82, 2.24) is 19.5 Å². The molecule has 0 amide bonds. The Morgan fingerprint density at radius 3 is 2.96 bits per heavy atom. The Kier molecular flexibility index (Phi) is 4.88. The van der Waals surface area contributed by atoms with E-state index < -0.39 is 10.0 Å². The molecule has 0 radical (unpaired) electrons. The second-order valence-corrected chi connectivity index (χ2v) is 8.34. The van der Waals surface area contributed by atoms with Crippen molar-refractivity contribution in [2.45, 2.75) is 50.9 Å². The predicted molar refractivity (Wildman–Crippen MR) is 93.0 cm³/mol. The van der Waals surface area contributed by atoms with Crippen molar-refractivity contribution in [3.8, 4) is 6.07 Å². The van der Waals surface area contributed by atoms with Crippen molar-refractivity contribution in [2.75, 3.05) is 0 Å². The summed E-state index contributed by atoms with van der Waals surface area (Å²) in [5.74, 6) is 1.46. The summed E-state index contributed by atoms with van der Waals surface area (Å²) in [7, 11) is -3.55. The summed E-state index contributed by atoms with van der Waals surface area (Å²) in [5, 5.41) is 13.4. The van der Waals surface area contributed by atoms with Crippen molar-refractivity contribution < 1.29 is 8.42 Å². The molecule has 132 valence electrons. The maximum atomic E-state index is 12.6. The van der Waals surface area contributed by atoms with Crippen LogP contribution < -0.4 is 4.72 Å². The second kappa shape index (κ2) is 6.94. The number of fused-ring (bicyclic) bond motifs is 1. The van der Waals surface area contributed by atoms with Gasteiger partial charge in [0.25, 0.3) is 0 Å². The highest BCUT2D eigenvalue weighted by molar-refractivity contribution is 7.88. The summed E-state index contributed by atoms with van der Waals surface area (Å²) in [6.45, 7) is 4.79. The lowest BCUT2D eigenvalue weighted by atomic mass is 10.1. The molecule has 2 aromatic rings. The fourth-order valence-electron chi connectivity index (χ4n) is 2.93. The smallest absolute Gasteiger partial charge is 0.216 e. The number of nitriles is 1. The number of hydrogen-bond donors (Lipinski definition) is 1. The molecule has 0 aliphatic carbocycles. The average Bonchev–Trinajstić information content (AvgIpc) is 3.00. The molecule has 2 heterocycles. The molecule has 25 heavy (non-hydrogen) atoms. The SMILES string of the molecule is CC(C)c1nc2n(n1)CCCC2NS(=O)(=O)Cc1cccc(C#N)c1. The first-order valence-electron chi connectivity index (χ1n) is 8.31. The molecule has 1 N–H and O–H groups in total. The van der Waals surface area contributed by atoms with Gasteiger partial charge in [0.05, 0.1) is 23.4 Å². The van der Waals surface area contributed by atoms with Gasteiger partial charge in [-0.25, -0.2) is 22.8 Å². The highest BCUT2D eigenvalue weighted by Gasteiger charge is 2.28. The van der Waals surface area contributed by atoms with Crippen LogP contribution in [0.1, 0.15) is 61.4 Å². The van der Waals surface area contributed by atoms with Gasteiger partial charge in [-0.15, -0.1) is 0 Å². The van der Waals surface area contributed by atoms with E-state index >= 15 is 0 Å². The Labute approximate surface area is 147 Å². The standard InChI is InChI=1S/C17H21N5O2S/c1-12(2)16-19-17-15(7-4-8-22(17)20-16)21-25(23,24)11-14-6-3-5-13(9-14)10-18/h3,5-6,9,12,15,21H,4,7-8,11H2,1-2H3. The molecule has 0 bridgehead atoms. The van der Waals surface area contributed by atoms with Gasteiger partial charge in [0, 0.05) is 12.5 Å². The molecule has 1 aromatic heterocycles. The monoisotopic (exact) mass is 359 g/mol. The number of benzene rings is 1. The van der Waals surface area contributed by atoms with Crippen LogP contribution in [-0.2, 0) is 22.3 Å². The van der Waals surface area contributed by atoms with Crippen molar-refractivity contribution in [3.05, 3.63) is 47.0 Å². The Balaban J connectivity index is 1.79. The summed E-state index contributed by atoms with van der Waals surface area (Å²) in [5.41, 5.74) is 1.04. The lowest BCUT2D eigenvalue weighted by molar-refractivity contribution is 0.399. The minimum absolute atomic E-state index is 0.163. The van der Waals surface area contributed by atoms with Gasteiger partial charge >= 0.3 is 0 Å². The molecule has 1 unspecified atom stereocenters. The van der Waals surface area contributed by atoms with Crippen LogP contribution in [-0.4, -0.2) is 23.2 Å². The molecule has 0 saturated heterocycles. The van der Waals surface area contributed by atoms with Gasteiger partial charge in [0.1, 0.15) is 5.82 Å². The van der Waals surface area contributed by atoms with E-state index in [-0.39, 0.29) is 17.7 Å². The Bertz CT molecular complexity index is 911. The van der Waals surface area contributed by atoms with Crippen LogP contribution in [0.2, 0.25) is 0 Å². The lowest BCUT2D eigenvalue weighted by Gasteiger charge is -2.23. The van der Waals surface area contributed by atoms with Crippen molar-refractivity contribution in [2.24, 2.45) is 0 Å². The van der Waals surface area contributed by atoms with Gasteiger partial charge in [-0.3, -0.25) is 0 Å². The van der Waals surface area contributed by atoms with Gasteiger partial charge in [-0.2, -0.15) is 10.4 Å². The molecule has 0 fully saturated rings. The number of nitrogens with zero attached hydrogens (tertiary/aromatic N) is 4. The summed E-state index contributed by atoms with van der Waals surface area (Å²) in [6, 6.07) is 8.31. The molecule has 1 aromatic carbocycles. The van der Waals surface area contributed by atoms with Crippen LogP contribution in [0, 0.1) is 11.3 Å². The van der Waals surface area contributed by atoms with Crippen LogP contribution in [0.4, 0.5) is 0 Å². The minimum Gasteiger partial charge on any atom is -0.248 e. The van der Waals surface area contributed by atoms with E-state index in [1.807, 2.05) is 24.6 Å². The fourth-order valence-corrected chi connectivity index (χ4v) is 4.29. The quantitative estimate of drug-likeness (QED) is 0.882. The van der Waals surface area contributed by atoms with Gasteiger partial charge in [0.2, 0.25) is 10.0 Å². The van der Waals surface area contributed by atoms with E-state index in [0.717, 1.165) is 18.8 Å². The molecule has 8 heteroatoms. The Morgan fingerprint density at radius 2 is 2.24 bits per heavy atom. The maximum Gasteiger partial charge on any atom is 0.216 e. The molecular weight excluding hydrogens is 338 g/mol. The third kappa shape index (κ3) is 4.06. The van der Waals surface area contributed by atoms with Crippen LogP contribution in [0.3, 0.4) is 0 Å². The van der Waals surface area contributed by atoms with E-state index in [1.165, 1.54) is 0 Å². The first kappa shape index (κ1) is 17.6. The molecule has 1 aliphatic rings. The van der Waals surface area contributed by atoms with E-state index in [0.29, 0.717) is 23.4 Å². The number of sulfonamides is 1. The normalized spacial score (nSPS) is 17.3. The molecule has 3 rings (SSSR count). The van der Waals surface area contributed by atoms with Crippen LogP contribution in [0.15, 0.2) is 24.3 Å². The number of aryl methyl sites for hydroxylation is 1. The Morgan fingerprint density at radius 1 is 1.44 bits per heavy atom. The zero-order valence-electron chi connectivity index (χ0n) is 14.3. The van der Waals surface area contributed by atoms with Gasteiger partial charge in [-0.05, 0) is 30.5 Å². The molecular formula is C17H21N5O2S. The summed E-state index contributed by atoms with van der Waals surface area (Å²) in [4.78, 5) is 4.53. The average molecular weight is 359 g/mol. The second-order valence-electron chi connectivity index (χ2n) is 6.59. The number of hydrogen-bond acceptors (Lipinski definition) is 5. The van der Waals surface area contributed by atoms with Gasteiger partial charge < -0.3 is 0 Å². The van der Waals surface area contributed by atoms with Crippen LogP contribution in [0.5, 0.6) is 0 Å². The first-order chi connectivity index (χ1) is 11.9. The zero-order chi connectivity index (χ0) is 18.0. The van der Waals surface area contributed by atoms with E-state index in [4.69, 9.17) is 5.26 Å². The number of nitrogens with one attached hydrogen (secondary N) is 1. The summed E-state index contributed by atoms with van der Waals surface area (Å²) >= 11 is 0.